The Balaban J connectivity index is 1.23. The molecule has 3 aromatic carbocycles. The average Bonchev–Trinajstić information content (AvgIpc) is 3.59. The van der Waals surface area contributed by atoms with Crippen molar-refractivity contribution in [2.45, 2.75) is 20.0 Å². The standard InChI is InChI=1S/C26H24ClN3O4/c1-16-14-23(16)26(33)28-21-10-6-19(7-11-21)25(32)30-29-24(31)18-4-2-17(3-5-18)15-34-22-12-8-20(27)9-13-22/h2-13,16,23H,14-15H2,1H3,(H,28,33)(H,29,31)(H,30,32). The number of anilines is 1. The zero-order valence-corrected chi connectivity index (χ0v) is 19.3. The molecule has 4 rings (SSSR count). The minimum absolute atomic E-state index is 0.000440. The predicted molar refractivity (Wildman–Crippen MR) is 130 cm³/mol. The van der Waals surface area contributed by atoms with Crippen LogP contribution in [0, 0.1) is 11.8 Å². The van der Waals surface area contributed by atoms with Gasteiger partial charge in [-0.3, -0.25) is 25.2 Å². The van der Waals surface area contributed by atoms with Crippen LogP contribution >= 0.6 is 11.6 Å². The maximum atomic E-state index is 12.4. The summed E-state index contributed by atoms with van der Waals surface area (Å²) in [6.07, 6.45) is 0.909. The van der Waals surface area contributed by atoms with E-state index in [2.05, 4.69) is 16.2 Å². The van der Waals surface area contributed by atoms with Crippen LogP contribution in [0.25, 0.3) is 0 Å². The first-order valence-corrected chi connectivity index (χ1v) is 11.3. The lowest BCUT2D eigenvalue weighted by atomic mass is 10.1. The van der Waals surface area contributed by atoms with Crippen LogP contribution < -0.4 is 20.9 Å². The van der Waals surface area contributed by atoms with E-state index in [1.807, 2.05) is 6.92 Å². The molecule has 1 aliphatic carbocycles. The van der Waals surface area contributed by atoms with Gasteiger partial charge in [-0.2, -0.15) is 0 Å². The average molecular weight is 478 g/mol. The molecule has 0 heterocycles. The van der Waals surface area contributed by atoms with Crippen molar-refractivity contribution in [3.05, 3.63) is 94.5 Å². The fourth-order valence-electron chi connectivity index (χ4n) is 3.34. The quantitative estimate of drug-likeness (QED) is 0.434. The van der Waals surface area contributed by atoms with E-state index in [9.17, 15) is 14.4 Å². The highest BCUT2D eigenvalue weighted by molar-refractivity contribution is 6.30. The molecular formula is C26H24ClN3O4. The number of rotatable bonds is 7. The summed E-state index contributed by atoms with van der Waals surface area (Å²) < 4.78 is 5.68. The zero-order chi connectivity index (χ0) is 24.1. The number of ether oxygens (including phenoxy) is 1. The van der Waals surface area contributed by atoms with E-state index < -0.39 is 11.8 Å². The lowest BCUT2D eigenvalue weighted by Crippen LogP contribution is -2.41. The molecular weight excluding hydrogens is 454 g/mol. The number of nitrogens with one attached hydrogen (secondary N) is 3. The molecule has 2 atom stereocenters. The molecule has 34 heavy (non-hydrogen) atoms. The van der Waals surface area contributed by atoms with Crippen LogP contribution in [-0.4, -0.2) is 17.7 Å². The Morgan fingerprint density at radius 3 is 1.91 bits per heavy atom. The van der Waals surface area contributed by atoms with E-state index in [0.29, 0.717) is 40.1 Å². The van der Waals surface area contributed by atoms with Crippen LogP contribution in [0.3, 0.4) is 0 Å². The summed E-state index contributed by atoms with van der Waals surface area (Å²) in [4.78, 5) is 36.7. The van der Waals surface area contributed by atoms with Crippen LogP contribution in [0.5, 0.6) is 5.75 Å². The number of halogens is 1. The van der Waals surface area contributed by atoms with E-state index >= 15 is 0 Å². The molecule has 174 valence electrons. The second-order valence-electron chi connectivity index (χ2n) is 8.23. The predicted octanol–water partition coefficient (Wildman–Crippen LogP) is 4.59. The van der Waals surface area contributed by atoms with Crippen molar-refractivity contribution in [1.29, 1.82) is 0 Å². The summed E-state index contributed by atoms with van der Waals surface area (Å²) >= 11 is 5.86. The third-order valence-electron chi connectivity index (χ3n) is 5.59. The van der Waals surface area contributed by atoms with Gasteiger partial charge in [0.25, 0.3) is 11.8 Å². The monoisotopic (exact) mass is 477 g/mol. The Labute approximate surface area is 202 Å². The highest BCUT2D eigenvalue weighted by Gasteiger charge is 2.39. The molecule has 1 fully saturated rings. The van der Waals surface area contributed by atoms with Crippen molar-refractivity contribution in [3.63, 3.8) is 0 Å². The third kappa shape index (κ3) is 6.14. The molecule has 0 saturated heterocycles. The van der Waals surface area contributed by atoms with Gasteiger partial charge in [-0.05, 0) is 78.6 Å². The van der Waals surface area contributed by atoms with Crippen LogP contribution in [-0.2, 0) is 11.4 Å². The lowest BCUT2D eigenvalue weighted by Gasteiger charge is -2.10. The number of hydrogen-bond acceptors (Lipinski definition) is 4. The molecule has 1 saturated carbocycles. The minimum Gasteiger partial charge on any atom is -0.489 e. The molecule has 0 radical (unpaired) electrons. The van der Waals surface area contributed by atoms with Crippen molar-refractivity contribution >= 4 is 35.0 Å². The zero-order valence-electron chi connectivity index (χ0n) is 18.5. The molecule has 0 aliphatic heterocycles. The smallest absolute Gasteiger partial charge is 0.269 e. The molecule has 8 heteroatoms. The number of carbonyl (C=O) groups is 3. The Kier molecular flexibility index (Phi) is 7.13. The maximum absolute atomic E-state index is 12.4. The normalized spacial score (nSPS) is 16.3. The second kappa shape index (κ2) is 10.4. The molecule has 1 aliphatic rings. The Bertz CT molecular complexity index is 1180. The van der Waals surface area contributed by atoms with Crippen LogP contribution in [0.15, 0.2) is 72.8 Å². The molecule has 0 spiro atoms. The lowest BCUT2D eigenvalue weighted by molar-refractivity contribution is -0.117. The molecule has 3 amide bonds. The van der Waals surface area contributed by atoms with Crippen LogP contribution in [0.2, 0.25) is 5.02 Å². The van der Waals surface area contributed by atoms with Gasteiger partial charge in [0.05, 0.1) is 0 Å². The molecule has 3 N–H and O–H groups in total. The van der Waals surface area contributed by atoms with Crippen molar-refractivity contribution < 1.29 is 19.1 Å². The van der Waals surface area contributed by atoms with Crippen molar-refractivity contribution in [3.8, 4) is 5.75 Å². The van der Waals surface area contributed by atoms with Gasteiger partial charge in [0.1, 0.15) is 12.4 Å². The molecule has 3 aromatic rings. The Hall–Kier alpha value is -3.84. The summed E-state index contributed by atoms with van der Waals surface area (Å²) in [6.45, 7) is 2.38. The largest absolute Gasteiger partial charge is 0.489 e. The van der Waals surface area contributed by atoms with E-state index in [1.165, 1.54) is 0 Å². The van der Waals surface area contributed by atoms with Gasteiger partial charge in [0, 0.05) is 27.8 Å². The van der Waals surface area contributed by atoms with Gasteiger partial charge in [-0.15, -0.1) is 0 Å². The first-order valence-electron chi connectivity index (χ1n) is 10.9. The van der Waals surface area contributed by atoms with Crippen molar-refractivity contribution in [1.82, 2.24) is 10.9 Å². The van der Waals surface area contributed by atoms with E-state index in [1.54, 1.807) is 72.8 Å². The van der Waals surface area contributed by atoms with E-state index in [-0.39, 0.29) is 11.8 Å². The SMILES string of the molecule is CC1CC1C(=O)Nc1ccc(C(=O)NNC(=O)c2ccc(COc3ccc(Cl)cc3)cc2)cc1. The highest BCUT2D eigenvalue weighted by Crippen LogP contribution is 2.38. The van der Waals surface area contributed by atoms with Gasteiger partial charge in [0.2, 0.25) is 5.91 Å². The van der Waals surface area contributed by atoms with Crippen molar-refractivity contribution in [2.24, 2.45) is 11.8 Å². The fourth-order valence-corrected chi connectivity index (χ4v) is 3.46. The molecule has 2 unspecified atom stereocenters. The second-order valence-corrected chi connectivity index (χ2v) is 8.67. The maximum Gasteiger partial charge on any atom is 0.269 e. The molecule has 0 aromatic heterocycles. The number of amides is 3. The summed E-state index contributed by atoms with van der Waals surface area (Å²) in [7, 11) is 0. The highest BCUT2D eigenvalue weighted by atomic mass is 35.5. The molecule has 0 bridgehead atoms. The fraction of sp³-hybridized carbons (Fsp3) is 0.192. The van der Waals surface area contributed by atoms with Gasteiger partial charge in [-0.25, -0.2) is 0 Å². The first kappa shape index (κ1) is 23.3. The number of benzene rings is 3. The Morgan fingerprint density at radius 2 is 1.38 bits per heavy atom. The Morgan fingerprint density at radius 1 is 0.853 bits per heavy atom. The van der Waals surface area contributed by atoms with Crippen molar-refractivity contribution in [2.75, 3.05) is 5.32 Å². The third-order valence-corrected chi connectivity index (χ3v) is 5.84. The van der Waals surface area contributed by atoms with E-state index in [0.717, 1.165) is 12.0 Å². The van der Waals surface area contributed by atoms with Gasteiger partial charge in [-0.1, -0.05) is 30.7 Å². The summed E-state index contributed by atoms with van der Waals surface area (Å²) in [5.74, 6) is 0.285. The summed E-state index contributed by atoms with van der Waals surface area (Å²) in [6, 6.07) is 20.4. The van der Waals surface area contributed by atoms with Gasteiger partial charge < -0.3 is 10.1 Å². The number of carbonyl (C=O) groups excluding carboxylic acids is 3. The van der Waals surface area contributed by atoms with Gasteiger partial charge >= 0.3 is 0 Å². The van der Waals surface area contributed by atoms with E-state index in [4.69, 9.17) is 16.3 Å². The molecule has 7 nitrogen and oxygen atoms in total. The van der Waals surface area contributed by atoms with Crippen LogP contribution in [0.4, 0.5) is 5.69 Å². The van der Waals surface area contributed by atoms with Crippen LogP contribution in [0.1, 0.15) is 39.6 Å². The van der Waals surface area contributed by atoms with Gasteiger partial charge in [0.15, 0.2) is 0 Å². The number of hydrazine groups is 1. The topological polar surface area (TPSA) is 96.5 Å². The first-order chi connectivity index (χ1) is 16.4. The summed E-state index contributed by atoms with van der Waals surface area (Å²) in [5.41, 5.74) is 7.06. The number of hydrogen-bond donors (Lipinski definition) is 3. The minimum atomic E-state index is -0.463. The summed E-state index contributed by atoms with van der Waals surface area (Å²) in [5, 5.41) is 3.48.